The van der Waals surface area contributed by atoms with Gasteiger partial charge in [0.15, 0.2) is 0 Å². The number of ether oxygens (including phenoxy) is 1. The van der Waals surface area contributed by atoms with Crippen LogP contribution in [0.15, 0.2) is 53.4 Å². The van der Waals surface area contributed by atoms with Crippen molar-refractivity contribution < 1.29 is 22.7 Å². The number of amides is 1. The van der Waals surface area contributed by atoms with Crippen LogP contribution in [-0.4, -0.2) is 32.9 Å². The average molecular weight is 453 g/mol. The highest BCUT2D eigenvalue weighted by Gasteiger charge is 2.25. The van der Waals surface area contributed by atoms with Crippen LogP contribution in [0.2, 0.25) is 5.02 Å². The molecular weight excluding hydrogens is 428 g/mol. The molecule has 0 radical (unpaired) electrons. The predicted octanol–water partition coefficient (Wildman–Crippen LogP) is 3.53. The van der Waals surface area contributed by atoms with Crippen molar-refractivity contribution in [3.05, 3.63) is 59.1 Å². The van der Waals surface area contributed by atoms with E-state index in [1.165, 1.54) is 24.3 Å². The van der Waals surface area contributed by atoms with Gasteiger partial charge in [-0.05, 0) is 55.3 Å². The number of esters is 1. The first-order valence-electron chi connectivity index (χ1n) is 9.58. The summed E-state index contributed by atoms with van der Waals surface area (Å²) in [5.41, 5.74) is 1.25. The molecule has 0 bridgehead atoms. The predicted molar refractivity (Wildman–Crippen MR) is 116 cm³/mol. The van der Waals surface area contributed by atoms with Crippen LogP contribution in [0.5, 0.6) is 0 Å². The zero-order valence-electron chi connectivity index (χ0n) is 16.9. The molecular formula is C21H25ClN2O5S. The first-order valence-corrected chi connectivity index (χ1v) is 11.4. The molecule has 2 rings (SSSR count). The van der Waals surface area contributed by atoms with Crippen LogP contribution < -0.4 is 10.0 Å². The molecule has 9 heteroatoms. The van der Waals surface area contributed by atoms with Crippen LogP contribution in [0.4, 0.5) is 5.69 Å². The van der Waals surface area contributed by atoms with Crippen molar-refractivity contribution in [2.24, 2.45) is 0 Å². The highest BCUT2D eigenvalue weighted by atomic mass is 35.5. The first-order chi connectivity index (χ1) is 14.2. The van der Waals surface area contributed by atoms with Crippen molar-refractivity contribution in [2.45, 2.75) is 44.0 Å². The number of hydrogen-bond acceptors (Lipinski definition) is 5. The summed E-state index contributed by atoms with van der Waals surface area (Å²) in [4.78, 5) is 24.3. The fourth-order valence-electron chi connectivity index (χ4n) is 2.72. The lowest BCUT2D eigenvalue weighted by Crippen LogP contribution is -2.43. The van der Waals surface area contributed by atoms with Gasteiger partial charge in [0.1, 0.15) is 6.04 Å². The van der Waals surface area contributed by atoms with E-state index in [1.54, 1.807) is 31.2 Å². The summed E-state index contributed by atoms with van der Waals surface area (Å²) in [6, 6.07) is 11.5. The summed E-state index contributed by atoms with van der Waals surface area (Å²) in [5, 5.41) is 3.13. The molecule has 162 valence electrons. The Morgan fingerprint density at radius 2 is 1.67 bits per heavy atom. The SMILES string of the molecule is CCC[C@H](NS(=O)(=O)c1ccc(Cl)cc1)C(=O)Nc1ccc(CC(=O)OCC)cc1. The summed E-state index contributed by atoms with van der Waals surface area (Å²) in [6.07, 6.45) is 1.08. The maximum absolute atomic E-state index is 12.7. The van der Waals surface area contributed by atoms with E-state index < -0.39 is 22.0 Å². The lowest BCUT2D eigenvalue weighted by Gasteiger charge is -2.18. The minimum absolute atomic E-state index is 0.0316. The van der Waals surface area contributed by atoms with Crippen molar-refractivity contribution in [3.63, 3.8) is 0 Å². The summed E-state index contributed by atoms with van der Waals surface area (Å²) in [5.74, 6) is -0.790. The molecule has 0 heterocycles. The van der Waals surface area contributed by atoms with Gasteiger partial charge in [-0.3, -0.25) is 9.59 Å². The standard InChI is InChI=1S/C21H25ClN2O5S/c1-3-5-19(24-30(27,28)18-12-8-16(22)9-13-18)21(26)23-17-10-6-15(7-11-17)14-20(25)29-4-2/h6-13,19,24H,3-5,14H2,1-2H3,(H,23,26)/t19-/m0/s1. The van der Waals surface area contributed by atoms with Gasteiger partial charge in [0.25, 0.3) is 0 Å². The monoisotopic (exact) mass is 452 g/mol. The Kier molecular flexibility index (Phi) is 8.83. The van der Waals surface area contributed by atoms with Gasteiger partial charge in [0, 0.05) is 10.7 Å². The quantitative estimate of drug-likeness (QED) is 0.537. The van der Waals surface area contributed by atoms with Crippen LogP contribution in [0.25, 0.3) is 0 Å². The molecule has 0 aliphatic rings. The van der Waals surface area contributed by atoms with Crippen molar-refractivity contribution >= 4 is 39.2 Å². The Bertz CT molecular complexity index is 960. The van der Waals surface area contributed by atoms with Gasteiger partial charge < -0.3 is 10.1 Å². The van der Waals surface area contributed by atoms with E-state index in [4.69, 9.17) is 16.3 Å². The molecule has 0 aliphatic carbocycles. The van der Waals surface area contributed by atoms with Gasteiger partial charge in [-0.15, -0.1) is 0 Å². The van der Waals surface area contributed by atoms with Crippen LogP contribution >= 0.6 is 11.6 Å². The van der Waals surface area contributed by atoms with Gasteiger partial charge in [0.05, 0.1) is 17.9 Å². The van der Waals surface area contributed by atoms with Crippen molar-refractivity contribution in [1.82, 2.24) is 4.72 Å². The molecule has 7 nitrogen and oxygen atoms in total. The second-order valence-electron chi connectivity index (χ2n) is 6.58. The number of benzene rings is 2. The third-order valence-electron chi connectivity index (χ3n) is 4.19. The molecule has 0 aromatic heterocycles. The molecule has 1 amide bonds. The fourth-order valence-corrected chi connectivity index (χ4v) is 4.07. The van der Waals surface area contributed by atoms with E-state index >= 15 is 0 Å². The van der Waals surface area contributed by atoms with Crippen LogP contribution in [-0.2, 0) is 30.8 Å². The van der Waals surface area contributed by atoms with E-state index in [0.717, 1.165) is 5.56 Å². The molecule has 2 aromatic carbocycles. The molecule has 2 aromatic rings. The van der Waals surface area contributed by atoms with Crippen molar-refractivity contribution in [1.29, 1.82) is 0 Å². The Labute approximate surface area is 181 Å². The largest absolute Gasteiger partial charge is 0.466 e. The third kappa shape index (κ3) is 7.12. The Balaban J connectivity index is 2.06. The number of anilines is 1. The van der Waals surface area contributed by atoms with E-state index in [9.17, 15) is 18.0 Å². The van der Waals surface area contributed by atoms with Gasteiger partial charge >= 0.3 is 5.97 Å². The van der Waals surface area contributed by atoms with Gasteiger partial charge in [-0.2, -0.15) is 4.72 Å². The molecule has 0 spiro atoms. The fraction of sp³-hybridized carbons (Fsp3) is 0.333. The van der Waals surface area contributed by atoms with Crippen LogP contribution in [0, 0.1) is 0 Å². The smallest absolute Gasteiger partial charge is 0.310 e. The van der Waals surface area contributed by atoms with E-state index in [0.29, 0.717) is 30.2 Å². The number of sulfonamides is 1. The zero-order valence-corrected chi connectivity index (χ0v) is 18.4. The number of halogens is 1. The summed E-state index contributed by atoms with van der Waals surface area (Å²) < 4.78 is 32.6. The number of nitrogens with one attached hydrogen (secondary N) is 2. The van der Waals surface area contributed by atoms with Gasteiger partial charge in [-0.1, -0.05) is 37.1 Å². The summed E-state index contributed by atoms with van der Waals surface area (Å²) >= 11 is 5.81. The summed E-state index contributed by atoms with van der Waals surface area (Å²) in [7, 11) is -3.88. The molecule has 0 aliphatic heterocycles. The third-order valence-corrected chi connectivity index (χ3v) is 5.93. The minimum Gasteiger partial charge on any atom is -0.466 e. The lowest BCUT2D eigenvalue weighted by molar-refractivity contribution is -0.142. The maximum atomic E-state index is 12.7. The van der Waals surface area contributed by atoms with E-state index in [2.05, 4.69) is 10.0 Å². The van der Waals surface area contributed by atoms with Crippen molar-refractivity contribution in [2.75, 3.05) is 11.9 Å². The molecule has 0 fully saturated rings. The number of carbonyl (C=O) groups excluding carboxylic acids is 2. The van der Waals surface area contributed by atoms with Crippen LogP contribution in [0.3, 0.4) is 0 Å². The lowest BCUT2D eigenvalue weighted by atomic mass is 10.1. The molecule has 1 atom stereocenters. The first kappa shape index (κ1) is 23.9. The number of rotatable bonds is 10. The summed E-state index contributed by atoms with van der Waals surface area (Å²) in [6.45, 7) is 3.92. The molecule has 0 saturated carbocycles. The van der Waals surface area contributed by atoms with E-state index in [1.807, 2.05) is 6.92 Å². The minimum atomic E-state index is -3.88. The second kappa shape index (κ2) is 11.1. The van der Waals surface area contributed by atoms with Crippen molar-refractivity contribution in [3.8, 4) is 0 Å². The number of carbonyl (C=O) groups is 2. The Morgan fingerprint density at radius 3 is 2.23 bits per heavy atom. The Morgan fingerprint density at radius 1 is 1.03 bits per heavy atom. The highest BCUT2D eigenvalue weighted by Crippen LogP contribution is 2.16. The Hall–Kier alpha value is -2.42. The van der Waals surface area contributed by atoms with Crippen LogP contribution in [0.1, 0.15) is 32.3 Å². The number of hydrogen-bond donors (Lipinski definition) is 2. The topological polar surface area (TPSA) is 102 Å². The van der Waals surface area contributed by atoms with E-state index in [-0.39, 0.29) is 17.3 Å². The second-order valence-corrected chi connectivity index (χ2v) is 8.73. The van der Waals surface area contributed by atoms with Gasteiger partial charge in [0.2, 0.25) is 15.9 Å². The zero-order chi connectivity index (χ0) is 22.1. The molecule has 0 saturated heterocycles. The average Bonchev–Trinajstić information content (AvgIpc) is 2.69. The maximum Gasteiger partial charge on any atom is 0.310 e. The van der Waals surface area contributed by atoms with Gasteiger partial charge in [-0.25, -0.2) is 8.42 Å². The molecule has 2 N–H and O–H groups in total. The highest BCUT2D eigenvalue weighted by molar-refractivity contribution is 7.89. The normalized spacial score (nSPS) is 12.2. The molecule has 30 heavy (non-hydrogen) atoms. The molecule has 0 unspecified atom stereocenters.